The summed E-state index contributed by atoms with van der Waals surface area (Å²) in [6.07, 6.45) is 10.3. The van der Waals surface area contributed by atoms with E-state index in [9.17, 15) is 10.1 Å². The number of nitrogens with zero attached hydrogens (tertiary/aromatic N) is 4. The van der Waals surface area contributed by atoms with Crippen LogP contribution in [0.2, 0.25) is 0 Å². The fraction of sp³-hybridized carbons (Fsp3) is 0.667. The molecule has 4 rings (SSSR count). The highest BCUT2D eigenvalue weighted by atomic mass is 16.2. The minimum Gasteiger partial charge on any atom is -0.355 e. The van der Waals surface area contributed by atoms with Crippen molar-refractivity contribution in [2.24, 2.45) is 0 Å². The van der Waals surface area contributed by atoms with Crippen LogP contribution in [-0.2, 0) is 4.79 Å². The molecule has 0 unspecified atom stereocenters. The molecule has 0 radical (unpaired) electrons. The lowest BCUT2D eigenvalue weighted by atomic mass is 9.92. The topological polar surface area (TPSA) is 72.3 Å². The highest BCUT2D eigenvalue weighted by molar-refractivity contribution is 5.87. The predicted octanol–water partition coefficient (Wildman–Crippen LogP) is 2.45. The number of carbonyl (C=O) groups excluding carboxylic acids is 1. The van der Waals surface area contributed by atoms with E-state index in [4.69, 9.17) is 0 Å². The van der Waals surface area contributed by atoms with E-state index in [1.165, 1.54) is 25.7 Å². The van der Waals surface area contributed by atoms with Crippen molar-refractivity contribution in [1.29, 1.82) is 5.26 Å². The van der Waals surface area contributed by atoms with Gasteiger partial charge in [-0.05, 0) is 63.7 Å². The Balaban J connectivity index is 1.37. The summed E-state index contributed by atoms with van der Waals surface area (Å²) in [5.74, 6) is 1.03. The van der Waals surface area contributed by atoms with Crippen molar-refractivity contribution in [3.63, 3.8) is 0 Å². The third-order valence-electron chi connectivity index (χ3n) is 6.60. The maximum atomic E-state index is 13.3. The zero-order valence-electron chi connectivity index (χ0n) is 16.0. The van der Waals surface area contributed by atoms with Gasteiger partial charge < -0.3 is 10.2 Å². The van der Waals surface area contributed by atoms with E-state index in [0.717, 1.165) is 57.7 Å². The predicted molar refractivity (Wildman–Crippen MR) is 104 cm³/mol. The van der Waals surface area contributed by atoms with Crippen LogP contribution in [0.4, 0.5) is 5.82 Å². The summed E-state index contributed by atoms with van der Waals surface area (Å²) in [6, 6.07) is 6.07. The molecule has 1 N–H and O–H groups in total. The number of carbonyl (C=O) groups is 1. The number of piperidine rings is 1. The van der Waals surface area contributed by atoms with Crippen molar-refractivity contribution in [2.45, 2.75) is 62.9 Å². The van der Waals surface area contributed by atoms with Crippen molar-refractivity contribution in [3.8, 4) is 6.07 Å². The number of aromatic nitrogens is 1. The second-order valence-corrected chi connectivity index (χ2v) is 8.15. The van der Waals surface area contributed by atoms with Gasteiger partial charge in [-0.15, -0.1) is 0 Å². The fourth-order valence-corrected chi connectivity index (χ4v) is 5.08. The van der Waals surface area contributed by atoms with Crippen molar-refractivity contribution < 1.29 is 4.79 Å². The van der Waals surface area contributed by atoms with Gasteiger partial charge >= 0.3 is 0 Å². The Morgan fingerprint density at radius 2 is 1.85 bits per heavy atom. The normalized spacial score (nSPS) is 23.3. The molecule has 1 aromatic rings. The van der Waals surface area contributed by atoms with Crippen LogP contribution in [0.25, 0.3) is 0 Å². The maximum absolute atomic E-state index is 13.3. The number of nitriles is 1. The zero-order valence-corrected chi connectivity index (χ0v) is 16.0. The molecule has 3 heterocycles. The van der Waals surface area contributed by atoms with E-state index in [0.29, 0.717) is 5.56 Å². The van der Waals surface area contributed by atoms with Crippen LogP contribution in [0.15, 0.2) is 18.3 Å². The second-order valence-electron chi connectivity index (χ2n) is 8.15. The zero-order chi connectivity index (χ0) is 18.7. The summed E-state index contributed by atoms with van der Waals surface area (Å²) in [7, 11) is 0. The van der Waals surface area contributed by atoms with Gasteiger partial charge in [-0.2, -0.15) is 5.26 Å². The molecule has 1 saturated carbocycles. The molecule has 27 heavy (non-hydrogen) atoms. The third-order valence-corrected chi connectivity index (χ3v) is 6.60. The Morgan fingerprint density at radius 3 is 2.52 bits per heavy atom. The van der Waals surface area contributed by atoms with Gasteiger partial charge in [0.2, 0.25) is 5.91 Å². The molecule has 2 aliphatic heterocycles. The Kier molecular flexibility index (Phi) is 5.31. The monoisotopic (exact) mass is 367 g/mol. The van der Waals surface area contributed by atoms with Crippen LogP contribution < -0.4 is 10.2 Å². The van der Waals surface area contributed by atoms with Gasteiger partial charge in [-0.25, -0.2) is 4.98 Å². The average molecular weight is 367 g/mol. The van der Waals surface area contributed by atoms with E-state index in [2.05, 4.69) is 26.2 Å². The van der Waals surface area contributed by atoms with E-state index in [-0.39, 0.29) is 17.5 Å². The lowest BCUT2D eigenvalue weighted by Crippen LogP contribution is -2.59. The largest absolute Gasteiger partial charge is 0.355 e. The van der Waals surface area contributed by atoms with Crippen LogP contribution in [-0.4, -0.2) is 53.6 Å². The Morgan fingerprint density at radius 1 is 1.15 bits per heavy atom. The van der Waals surface area contributed by atoms with Crippen LogP contribution in [0.5, 0.6) is 0 Å². The number of amides is 1. The third kappa shape index (κ3) is 3.53. The molecule has 0 spiro atoms. The van der Waals surface area contributed by atoms with Crippen LogP contribution in [0.1, 0.15) is 56.9 Å². The van der Waals surface area contributed by atoms with Gasteiger partial charge in [-0.3, -0.25) is 9.69 Å². The summed E-state index contributed by atoms with van der Waals surface area (Å²) >= 11 is 0. The Labute approximate surface area is 161 Å². The van der Waals surface area contributed by atoms with E-state index in [1.807, 2.05) is 6.07 Å². The van der Waals surface area contributed by atoms with Crippen molar-refractivity contribution in [3.05, 3.63) is 23.9 Å². The molecule has 2 saturated heterocycles. The molecule has 0 aromatic carbocycles. The molecule has 6 nitrogen and oxygen atoms in total. The fourth-order valence-electron chi connectivity index (χ4n) is 5.08. The van der Waals surface area contributed by atoms with Crippen molar-refractivity contribution >= 4 is 11.7 Å². The standard InChI is InChI=1S/C21H29N5O/c22-16-17-6-5-11-23-19(17)25-14-7-18(8-15-25)24-20(27)21(9-1-2-10-21)26-12-3-4-13-26/h5-6,11,18H,1-4,7-10,12-15H2,(H,24,27). The average Bonchev–Trinajstić information content (AvgIpc) is 3.41. The first-order valence-corrected chi connectivity index (χ1v) is 10.4. The summed E-state index contributed by atoms with van der Waals surface area (Å²) in [4.78, 5) is 22.3. The Hall–Kier alpha value is -2.13. The summed E-state index contributed by atoms with van der Waals surface area (Å²) in [5, 5.41) is 12.7. The summed E-state index contributed by atoms with van der Waals surface area (Å²) in [5.41, 5.74) is 0.377. The lowest BCUT2D eigenvalue weighted by molar-refractivity contribution is -0.133. The number of hydrogen-bond donors (Lipinski definition) is 1. The van der Waals surface area contributed by atoms with E-state index < -0.39 is 0 Å². The molecule has 0 atom stereocenters. The highest BCUT2D eigenvalue weighted by Crippen LogP contribution is 2.38. The molecule has 3 aliphatic rings. The van der Waals surface area contributed by atoms with Crippen LogP contribution in [0.3, 0.4) is 0 Å². The van der Waals surface area contributed by atoms with Gasteiger partial charge in [0, 0.05) is 25.3 Å². The van der Waals surface area contributed by atoms with Crippen molar-refractivity contribution in [2.75, 3.05) is 31.1 Å². The van der Waals surface area contributed by atoms with Gasteiger partial charge in [0.05, 0.1) is 5.56 Å². The lowest BCUT2D eigenvalue weighted by Gasteiger charge is -2.40. The molecule has 1 amide bonds. The first-order valence-electron chi connectivity index (χ1n) is 10.4. The number of nitrogens with one attached hydrogen (secondary N) is 1. The summed E-state index contributed by atoms with van der Waals surface area (Å²) in [6.45, 7) is 3.80. The van der Waals surface area contributed by atoms with Gasteiger partial charge in [0.1, 0.15) is 17.4 Å². The first kappa shape index (κ1) is 18.2. The van der Waals surface area contributed by atoms with Gasteiger partial charge in [0.25, 0.3) is 0 Å². The van der Waals surface area contributed by atoms with E-state index >= 15 is 0 Å². The molecule has 0 bridgehead atoms. The molecule has 1 aromatic heterocycles. The van der Waals surface area contributed by atoms with Crippen LogP contribution >= 0.6 is 0 Å². The SMILES string of the molecule is N#Cc1cccnc1N1CCC(NC(=O)C2(N3CCCC3)CCCC2)CC1. The molecule has 3 fully saturated rings. The van der Waals surface area contributed by atoms with Gasteiger partial charge in [-0.1, -0.05) is 12.8 Å². The van der Waals surface area contributed by atoms with Gasteiger partial charge in [0.15, 0.2) is 0 Å². The first-order chi connectivity index (χ1) is 13.2. The number of pyridine rings is 1. The quantitative estimate of drug-likeness (QED) is 0.885. The maximum Gasteiger partial charge on any atom is 0.240 e. The molecule has 6 heteroatoms. The number of rotatable bonds is 4. The molecular formula is C21H29N5O. The molecule has 1 aliphatic carbocycles. The van der Waals surface area contributed by atoms with Crippen molar-refractivity contribution in [1.82, 2.24) is 15.2 Å². The number of hydrogen-bond acceptors (Lipinski definition) is 5. The number of likely N-dealkylation sites (tertiary alicyclic amines) is 1. The minimum absolute atomic E-state index is 0.225. The minimum atomic E-state index is -0.247. The Bertz CT molecular complexity index is 708. The van der Waals surface area contributed by atoms with E-state index in [1.54, 1.807) is 12.3 Å². The molecular weight excluding hydrogens is 338 g/mol. The highest BCUT2D eigenvalue weighted by Gasteiger charge is 2.47. The smallest absolute Gasteiger partial charge is 0.240 e. The van der Waals surface area contributed by atoms with Crippen LogP contribution in [0, 0.1) is 11.3 Å². The number of anilines is 1. The second kappa shape index (κ2) is 7.85. The summed E-state index contributed by atoms with van der Waals surface area (Å²) < 4.78 is 0. The molecule has 144 valence electrons.